The fraction of sp³-hybridized carbons (Fsp3) is 0.211. The van der Waals surface area contributed by atoms with E-state index in [0.29, 0.717) is 27.3 Å². The van der Waals surface area contributed by atoms with Crippen LogP contribution in [0.2, 0.25) is 5.02 Å². The lowest BCUT2D eigenvalue weighted by atomic mass is 10.2. The van der Waals surface area contributed by atoms with Crippen molar-refractivity contribution < 1.29 is 14.3 Å². The number of carbonyl (C=O) groups excluding carboxylic acids is 2. The van der Waals surface area contributed by atoms with E-state index in [4.69, 9.17) is 16.3 Å². The van der Waals surface area contributed by atoms with Gasteiger partial charge in [0.1, 0.15) is 11.5 Å². The van der Waals surface area contributed by atoms with E-state index in [1.54, 1.807) is 16.3 Å². The maximum absolute atomic E-state index is 12.3. The van der Waals surface area contributed by atoms with Gasteiger partial charge < -0.3 is 4.74 Å². The van der Waals surface area contributed by atoms with Crippen LogP contribution in [0.1, 0.15) is 29.2 Å². The van der Waals surface area contributed by atoms with Crippen molar-refractivity contribution in [1.29, 1.82) is 0 Å². The molecule has 0 aliphatic rings. The van der Waals surface area contributed by atoms with Crippen LogP contribution in [0.5, 0.6) is 0 Å². The Morgan fingerprint density at radius 1 is 1.19 bits per heavy atom. The fourth-order valence-electron chi connectivity index (χ4n) is 2.41. The summed E-state index contributed by atoms with van der Waals surface area (Å²) in [6.07, 6.45) is 0. The third kappa shape index (κ3) is 4.74. The first-order valence-electron chi connectivity index (χ1n) is 8.23. The molecule has 0 atom stereocenters. The van der Waals surface area contributed by atoms with Crippen LogP contribution in [0.15, 0.2) is 41.8 Å². The molecule has 27 heavy (non-hydrogen) atoms. The number of thiophene rings is 1. The predicted octanol–water partition coefficient (Wildman–Crippen LogP) is 5.25. The van der Waals surface area contributed by atoms with Gasteiger partial charge in [0.15, 0.2) is 5.13 Å². The van der Waals surface area contributed by atoms with Crippen LogP contribution in [0.3, 0.4) is 0 Å². The number of benzene rings is 1. The summed E-state index contributed by atoms with van der Waals surface area (Å²) in [6.45, 7) is 4.00. The first kappa shape index (κ1) is 19.5. The number of amides is 1. The van der Waals surface area contributed by atoms with Gasteiger partial charge in [-0.15, -0.1) is 22.7 Å². The zero-order valence-corrected chi connectivity index (χ0v) is 17.2. The van der Waals surface area contributed by atoms with Crippen LogP contribution < -0.4 is 4.90 Å². The lowest BCUT2D eigenvalue weighted by Gasteiger charge is -2.14. The molecule has 0 aliphatic carbocycles. The van der Waals surface area contributed by atoms with Gasteiger partial charge in [0.2, 0.25) is 5.91 Å². The maximum Gasteiger partial charge on any atom is 0.348 e. The number of hydrogen-bond acceptors (Lipinski definition) is 6. The Hall–Kier alpha value is -2.22. The summed E-state index contributed by atoms with van der Waals surface area (Å²) < 4.78 is 5.36. The number of aromatic nitrogens is 1. The van der Waals surface area contributed by atoms with Crippen LogP contribution in [-0.2, 0) is 16.1 Å². The largest absolute Gasteiger partial charge is 0.455 e. The smallest absolute Gasteiger partial charge is 0.348 e. The number of halogens is 1. The number of ether oxygens (including phenoxy) is 1. The SMILES string of the molecule is CCN(C(C)=O)c1nc(COC(=O)c2ccc(-c3ccc(Cl)cc3)s2)cs1. The molecule has 0 spiro atoms. The highest BCUT2D eigenvalue weighted by atomic mass is 35.5. The monoisotopic (exact) mass is 420 g/mol. The molecule has 5 nitrogen and oxygen atoms in total. The van der Waals surface area contributed by atoms with E-state index < -0.39 is 5.97 Å². The molecule has 0 N–H and O–H groups in total. The van der Waals surface area contributed by atoms with Crippen LogP contribution in [-0.4, -0.2) is 23.4 Å². The van der Waals surface area contributed by atoms with E-state index in [2.05, 4.69) is 4.98 Å². The highest BCUT2D eigenvalue weighted by Crippen LogP contribution is 2.29. The van der Waals surface area contributed by atoms with Gasteiger partial charge >= 0.3 is 5.97 Å². The third-order valence-electron chi connectivity index (χ3n) is 3.75. The van der Waals surface area contributed by atoms with E-state index in [9.17, 15) is 9.59 Å². The van der Waals surface area contributed by atoms with Gasteiger partial charge in [-0.25, -0.2) is 9.78 Å². The molecule has 8 heteroatoms. The number of hydrogen-bond donors (Lipinski definition) is 0. The summed E-state index contributed by atoms with van der Waals surface area (Å²) in [7, 11) is 0. The second kappa shape index (κ2) is 8.65. The van der Waals surface area contributed by atoms with E-state index in [-0.39, 0.29) is 12.5 Å². The standard InChI is InChI=1S/C19H17ClN2O3S2/c1-3-22(12(2)23)19-21-15(11-26-19)10-25-18(24)17-9-8-16(27-17)13-4-6-14(20)7-5-13/h4-9,11H,3,10H2,1-2H3. The summed E-state index contributed by atoms with van der Waals surface area (Å²) in [4.78, 5) is 31.3. The van der Waals surface area contributed by atoms with Gasteiger partial charge in [0.25, 0.3) is 0 Å². The summed E-state index contributed by atoms with van der Waals surface area (Å²) in [5.74, 6) is -0.461. The number of esters is 1. The third-order valence-corrected chi connectivity index (χ3v) is 6.03. The summed E-state index contributed by atoms with van der Waals surface area (Å²) in [5, 5.41) is 3.07. The maximum atomic E-state index is 12.3. The Kier molecular flexibility index (Phi) is 6.26. The average molecular weight is 421 g/mol. The lowest BCUT2D eigenvalue weighted by Crippen LogP contribution is -2.27. The molecule has 0 aliphatic heterocycles. The van der Waals surface area contributed by atoms with Crippen molar-refractivity contribution >= 4 is 51.3 Å². The molecular weight excluding hydrogens is 404 g/mol. The van der Waals surface area contributed by atoms with Gasteiger partial charge in [-0.2, -0.15) is 0 Å². The molecule has 0 bridgehead atoms. The molecule has 0 fully saturated rings. The first-order chi connectivity index (χ1) is 13.0. The number of nitrogens with zero attached hydrogens (tertiary/aromatic N) is 2. The Labute approximate surface area is 170 Å². The normalized spacial score (nSPS) is 10.6. The first-order valence-corrected chi connectivity index (χ1v) is 10.3. The molecule has 1 aromatic carbocycles. The lowest BCUT2D eigenvalue weighted by molar-refractivity contribution is -0.116. The van der Waals surface area contributed by atoms with Gasteiger partial charge in [-0.1, -0.05) is 23.7 Å². The molecule has 0 saturated heterocycles. The van der Waals surface area contributed by atoms with Crippen molar-refractivity contribution in [2.24, 2.45) is 0 Å². The van der Waals surface area contributed by atoms with Crippen molar-refractivity contribution in [3.63, 3.8) is 0 Å². The van der Waals surface area contributed by atoms with Crippen molar-refractivity contribution in [2.45, 2.75) is 20.5 Å². The molecular formula is C19H17ClN2O3S2. The van der Waals surface area contributed by atoms with Crippen LogP contribution >= 0.6 is 34.3 Å². The predicted molar refractivity (Wildman–Crippen MR) is 110 cm³/mol. The second-order valence-electron chi connectivity index (χ2n) is 5.63. The zero-order chi connectivity index (χ0) is 19.4. The molecule has 1 amide bonds. The molecule has 0 unspecified atom stereocenters. The van der Waals surface area contributed by atoms with Crippen LogP contribution in [0.4, 0.5) is 5.13 Å². The van der Waals surface area contributed by atoms with E-state index in [0.717, 1.165) is 10.4 Å². The van der Waals surface area contributed by atoms with Gasteiger partial charge in [0, 0.05) is 28.7 Å². The fourth-order valence-corrected chi connectivity index (χ4v) is 4.35. The number of carbonyl (C=O) groups is 2. The van der Waals surface area contributed by atoms with E-state index in [1.165, 1.54) is 29.6 Å². The zero-order valence-electron chi connectivity index (χ0n) is 14.8. The van der Waals surface area contributed by atoms with Crippen molar-refractivity contribution in [1.82, 2.24) is 4.98 Å². The topological polar surface area (TPSA) is 59.5 Å². The molecule has 3 rings (SSSR count). The number of rotatable bonds is 6. The second-order valence-corrected chi connectivity index (χ2v) is 7.99. The number of anilines is 1. The van der Waals surface area contributed by atoms with Gasteiger partial charge in [0.05, 0.1) is 5.69 Å². The van der Waals surface area contributed by atoms with Gasteiger partial charge in [-0.3, -0.25) is 9.69 Å². The Morgan fingerprint density at radius 3 is 2.59 bits per heavy atom. The van der Waals surface area contributed by atoms with Crippen LogP contribution in [0.25, 0.3) is 10.4 Å². The average Bonchev–Trinajstić information content (AvgIpc) is 3.30. The quantitative estimate of drug-likeness (QED) is 0.510. The minimum atomic E-state index is -0.395. The minimum Gasteiger partial charge on any atom is -0.455 e. The molecule has 2 aromatic heterocycles. The summed E-state index contributed by atoms with van der Waals surface area (Å²) in [6, 6.07) is 11.1. The Bertz CT molecular complexity index is 950. The molecule has 2 heterocycles. The molecule has 140 valence electrons. The van der Waals surface area contributed by atoms with E-state index >= 15 is 0 Å². The van der Waals surface area contributed by atoms with Crippen molar-refractivity contribution in [3.8, 4) is 10.4 Å². The molecule has 3 aromatic rings. The van der Waals surface area contributed by atoms with Crippen LogP contribution in [0, 0.1) is 0 Å². The minimum absolute atomic E-state index is 0.0660. The van der Waals surface area contributed by atoms with Gasteiger partial charge in [-0.05, 0) is 36.8 Å². The Balaban J connectivity index is 1.62. The van der Waals surface area contributed by atoms with Crippen molar-refractivity contribution in [3.05, 3.63) is 57.4 Å². The summed E-state index contributed by atoms with van der Waals surface area (Å²) >= 11 is 8.62. The Morgan fingerprint density at radius 2 is 1.93 bits per heavy atom. The summed E-state index contributed by atoms with van der Waals surface area (Å²) in [5.41, 5.74) is 1.62. The highest BCUT2D eigenvalue weighted by molar-refractivity contribution is 7.17. The van der Waals surface area contributed by atoms with E-state index in [1.807, 2.05) is 37.3 Å². The number of thiazole rings is 1. The highest BCUT2D eigenvalue weighted by Gasteiger charge is 2.16. The molecule has 0 radical (unpaired) electrons. The van der Waals surface area contributed by atoms with Crippen molar-refractivity contribution in [2.75, 3.05) is 11.4 Å². The molecule has 0 saturated carbocycles.